The average molecular weight is 529 g/mol. The third-order valence-corrected chi connectivity index (χ3v) is 6.37. The van der Waals surface area contributed by atoms with E-state index in [1.165, 1.54) is 0 Å². The molecule has 0 radical (unpaired) electrons. The number of aryl methyl sites for hydroxylation is 1. The SMILES string of the molecule is CCCCC(CCO)Nc1nc(N)nc(C)c1CCCN(Cc1ccc(CC(=O)O)cc1)C(=O)CN(C)C. The molecule has 5 N–H and O–H groups in total. The second-order valence-corrected chi connectivity index (χ2v) is 10.0. The largest absolute Gasteiger partial charge is 0.481 e. The second kappa shape index (κ2) is 15.9. The molecule has 10 nitrogen and oxygen atoms in total. The maximum absolute atomic E-state index is 13.0. The molecule has 2 aromatic rings. The number of aliphatic carboxylic acids is 1. The van der Waals surface area contributed by atoms with Crippen LogP contribution >= 0.6 is 0 Å². The molecule has 210 valence electrons. The normalized spacial score (nSPS) is 11.9. The maximum atomic E-state index is 13.0. The molecule has 1 atom stereocenters. The highest BCUT2D eigenvalue weighted by Crippen LogP contribution is 2.22. The van der Waals surface area contributed by atoms with Gasteiger partial charge in [-0.15, -0.1) is 0 Å². The number of nitrogens with one attached hydrogen (secondary N) is 1. The number of aromatic nitrogens is 2. The van der Waals surface area contributed by atoms with Gasteiger partial charge in [0.2, 0.25) is 11.9 Å². The summed E-state index contributed by atoms with van der Waals surface area (Å²) in [4.78, 5) is 36.5. The molecule has 10 heteroatoms. The van der Waals surface area contributed by atoms with Crippen LogP contribution in [-0.4, -0.2) is 81.7 Å². The molecular weight excluding hydrogens is 484 g/mol. The Bertz CT molecular complexity index is 1030. The smallest absolute Gasteiger partial charge is 0.307 e. The summed E-state index contributed by atoms with van der Waals surface area (Å²) in [6.45, 7) is 5.44. The number of unbranched alkanes of at least 4 members (excludes halogenated alkanes) is 1. The Balaban J connectivity index is 2.15. The number of hydrogen-bond acceptors (Lipinski definition) is 8. The summed E-state index contributed by atoms with van der Waals surface area (Å²) in [7, 11) is 3.73. The van der Waals surface area contributed by atoms with E-state index < -0.39 is 5.97 Å². The van der Waals surface area contributed by atoms with E-state index in [1.54, 1.807) is 12.1 Å². The minimum absolute atomic E-state index is 0.0239. The molecule has 1 aromatic carbocycles. The Morgan fingerprint density at radius 3 is 2.37 bits per heavy atom. The van der Waals surface area contributed by atoms with Crippen molar-refractivity contribution in [1.29, 1.82) is 0 Å². The molecule has 2 rings (SSSR count). The Hall–Kier alpha value is -3.24. The first kappa shape index (κ1) is 31.0. The molecule has 0 saturated carbocycles. The molecule has 0 aliphatic heterocycles. The Kier molecular flexibility index (Phi) is 12.9. The van der Waals surface area contributed by atoms with E-state index in [-0.39, 0.29) is 30.9 Å². The summed E-state index contributed by atoms with van der Waals surface area (Å²) >= 11 is 0. The topological polar surface area (TPSA) is 145 Å². The zero-order chi connectivity index (χ0) is 28.1. The van der Waals surface area contributed by atoms with E-state index in [1.807, 2.05) is 43.0 Å². The summed E-state index contributed by atoms with van der Waals surface area (Å²) in [5.74, 6) is 0.0612. The van der Waals surface area contributed by atoms with Gasteiger partial charge in [-0.25, -0.2) is 4.98 Å². The number of carbonyl (C=O) groups excluding carboxylic acids is 1. The van der Waals surface area contributed by atoms with Gasteiger partial charge in [0.1, 0.15) is 5.82 Å². The highest BCUT2D eigenvalue weighted by molar-refractivity contribution is 5.78. The van der Waals surface area contributed by atoms with Crippen LogP contribution in [0.3, 0.4) is 0 Å². The van der Waals surface area contributed by atoms with E-state index in [2.05, 4.69) is 22.2 Å². The van der Waals surface area contributed by atoms with Crippen LogP contribution in [-0.2, 0) is 29.0 Å². The number of hydrogen-bond donors (Lipinski definition) is 4. The number of nitrogens with zero attached hydrogens (tertiary/aromatic N) is 4. The number of aliphatic hydroxyl groups is 1. The molecule has 1 heterocycles. The zero-order valence-corrected chi connectivity index (χ0v) is 23.2. The van der Waals surface area contributed by atoms with E-state index in [9.17, 15) is 14.7 Å². The van der Waals surface area contributed by atoms with Crippen LogP contribution in [0.2, 0.25) is 0 Å². The van der Waals surface area contributed by atoms with Gasteiger partial charge in [-0.1, -0.05) is 44.0 Å². The van der Waals surface area contributed by atoms with Crippen LogP contribution in [0.4, 0.5) is 11.8 Å². The first-order valence-corrected chi connectivity index (χ1v) is 13.3. The fourth-order valence-electron chi connectivity index (χ4n) is 4.39. The number of nitrogen functional groups attached to an aromatic ring is 1. The minimum atomic E-state index is -0.871. The number of benzene rings is 1. The van der Waals surface area contributed by atoms with E-state index >= 15 is 0 Å². The number of carboxylic acids is 1. The highest BCUT2D eigenvalue weighted by atomic mass is 16.4. The van der Waals surface area contributed by atoms with Gasteiger partial charge in [-0.3, -0.25) is 9.59 Å². The molecule has 38 heavy (non-hydrogen) atoms. The summed E-state index contributed by atoms with van der Waals surface area (Å²) in [6, 6.07) is 7.45. The van der Waals surface area contributed by atoms with Crippen LogP contribution in [0.25, 0.3) is 0 Å². The summed E-state index contributed by atoms with van der Waals surface area (Å²) in [5.41, 5.74) is 9.41. The van der Waals surface area contributed by atoms with Crippen LogP contribution in [0.5, 0.6) is 0 Å². The van der Waals surface area contributed by atoms with Crippen molar-refractivity contribution < 1.29 is 19.8 Å². The van der Waals surface area contributed by atoms with E-state index in [0.717, 1.165) is 41.6 Å². The fraction of sp³-hybridized carbons (Fsp3) is 0.571. The van der Waals surface area contributed by atoms with Gasteiger partial charge >= 0.3 is 5.97 Å². The average Bonchev–Trinajstić information content (AvgIpc) is 2.83. The molecule has 1 aromatic heterocycles. The number of amides is 1. The fourth-order valence-corrected chi connectivity index (χ4v) is 4.39. The summed E-state index contributed by atoms with van der Waals surface area (Å²) in [6.07, 6.45) is 5.02. The monoisotopic (exact) mass is 528 g/mol. The van der Waals surface area contributed by atoms with Crippen LogP contribution < -0.4 is 11.1 Å². The first-order chi connectivity index (χ1) is 18.1. The lowest BCUT2D eigenvalue weighted by Gasteiger charge is -2.25. The Morgan fingerprint density at radius 2 is 1.76 bits per heavy atom. The molecule has 0 spiro atoms. The van der Waals surface area contributed by atoms with Gasteiger partial charge in [0.25, 0.3) is 0 Å². The van der Waals surface area contributed by atoms with Crippen molar-refractivity contribution in [3.63, 3.8) is 0 Å². The lowest BCUT2D eigenvalue weighted by atomic mass is 10.0. The number of carboxylic acid groups (broad SMARTS) is 1. The number of anilines is 2. The van der Waals surface area contributed by atoms with Crippen LogP contribution in [0.1, 0.15) is 61.4 Å². The summed E-state index contributed by atoms with van der Waals surface area (Å²) < 4.78 is 0. The minimum Gasteiger partial charge on any atom is -0.481 e. The molecule has 0 bridgehead atoms. The number of likely N-dealkylation sites (N-methyl/N-ethyl adjacent to an activating group) is 1. The molecular formula is C28H44N6O4. The van der Waals surface area contributed by atoms with Crippen LogP contribution in [0, 0.1) is 6.92 Å². The third kappa shape index (κ3) is 10.6. The predicted molar refractivity (Wildman–Crippen MR) is 150 cm³/mol. The predicted octanol–water partition coefficient (Wildman–Crippen LogP) is 2.87. The molecule has 0 aliphatic rings. The molecule has 1 amide bonds. The van der Waals surface area contributed by atoms with Gasteiger partial charge in [-0.05, 0) is 57.8 Å². The number of aliphatic hydroxyl groups excluding tert-OH is 1. The third-order valence-electron chi connectivity index (χ3n) is 6.37. The standard InChI is InChI=1S/C28H44N6O4/c1-5-6-8-23(14-16-35)31-27-24(20(2)30-28(29)32-27)9-7-15-34(25(36)19-33(3)4)18-22-12-10-21(11-13-22)17-26(37)38/h10-13,23,35H,5-9,14-19H2,1-4H3,(H,37,38)(H3,29,30,31,32). The quantitative estimate of drug-likeness (QED) is 0.243. The molecule has 0 aliphatic carbocycles. The van der Waals surface area contributed by atoms with Gasteiger partial charge < -0.3 is 31.1 Å². The lowest BCUT2D eigenvalue weighted by Crippen LogP contribution is -2.38. The molecule has 0 fully saturated rings. The van der Waals surface area contributed by atoms with Gasteiger partial charge in [-0.2, -0.15) is 4.98 Å². The second-order valence-electron chi connectivity index (χ2n) is 10.0. The number of nitrogens with two attached hydrogens (primary N) is 1. The van der Waals surface area contributed by atoms with Gasteiger partial charge in [0.05, 0.1) is 13.0 Å². The summed E-state index contributed by atoms with van der Waals surface area (Å²) in [5, 5.41) is 22.0. The number of carbonyl (C=O) groups is 2. The van der Waals surface area contributed by atoms with Crippen molar-refractivity contribution in [1.82, 2.24) is 19.8 Å². The Morgan fingerprint density at radius 1 is 1.08 bits per heavy atom. The lowest BCUT2D eigenvalue weighted by molar-refractivity contribution is -0.136. The van der Waals surface area contributed by atoms with E-state index in [0.29, 0.717) is 44.7 Å². The van der Waals surface area contributed by atoms with Crippen LogP contribution in [0.15, 0.2) is 24.3 Å². The van der Waals surface area contributed by atoms with Gasteiger partial charge in [0, 0.05) is 37.0 Å². The highest BCUT2D eigenvalue weighted by Gasteiger charge is 2.18. The van der Waals surface area contributed by atoms with Crippen molar-refractivity contribution in [2.24, 2.45) is 0 Å². The van der Waals surface area contributed by atoms with Gasteiger partial charge in [0.15, 0.2) is 0 Å². The zero-order valence-electron chi connectivity index (χ0n) is 23.2. The maximum Gasteiger partial charge on any atom is 0.307 e. The first-order valence-electron chi connectivity index (χ1n) is 13.3. The van der Waals surface area contributed by atoms with Crippen molar-refractivity contribution in [2.75, 3.05) is 44.8 Å². The van der Waals surface area contributed by atoms with E-state index in [4.69, 9.17) is 10.8 Å². The van der Waals surface area contributed by atoms with Crippen molar-refractivity contribution in [2.45, 2.75) is 71.4 Å². The van der Waals surface area contributed by atoms with Crippen molar-refractivity contribution >= 4 is 23.6 Å². The van der Waals surface area contributed by atoms with Crippen molar-refractivity contribution in [3.05, 3.63) is 46.6 Å². The number of rotatable bonds is 17. The molecule has 1 unspecified atom stereocenters. The Labute approximate surface area is 226 Å². The molecule has 0 saturated heterocycles. The van der Waals surface area contributed by atoms with Crippen molar-refractivity contribution in [3.8, 4) is 0 Å².